The molecule has 2 nitrogen and oxygen atoms in total. The largest absolute Gasteiger partial charge is 0.497 e. The highest BCUT2D eigenvalue weighted by molar-refractivity contribution is 6.74. The first-order valence-electron chi connectivity index (χ1n) is 11.0. The van der Waals surface area contributed by atoms with E-state index in [-0.39, 0.29) is 16.6 Å². The van der Waals surface area contributed by atoms with Crippen LogP contribution in [0.25, 0.3) is 6.08 Å². The Morgan fingerprint density at radius 2 is 1.97 bits per heavy atom. The number of methoxy groups -OCH3 is 1. The molecular weight excluding hydrogens is 372 g/mol. The molecule has 0 heterocycles. The standard InChI is InChI=1S/C26H38O2Si/c1-9-22-11-13-24(28-29(7,8)25(2,3)4)26(22,5)15-14-19-16-20-10-12-23(27-6)18-21(20)17-19/h1,10,12,16,18,22,24H,11,13-15,17H2,2-8H3/t22-,24+,26+/m1/s1. The second-order valence-electron chi connectivity index (χ2n) is 10.7. The van der Waals surface area contributed by atoms with Crippen molar-refractivity contribution in [2.24, 2.45) is 11.3 Å². The van der Waals surface area contributed by atoms with E-state index < -0.39 is 8.32 Å². The normalized spacial score (nSPS) is 26.8. The molecule has 0 spiro atoms. The van der Waals surface area contributed by atoms with E-state index in [4.69, 9.17) is 15.6 Å². The summed E-state index contributed by atoms with van der Waals surface area (Å²) in [7, 11) is -0.0904. The Bertz CT molecular complexity index is 824. The summed E-state index contributed by atoms with van der Waals surface area (Å²) in [6, 6.07) is 6.39. The van der Waals surface area contributed by atoms with Gasteiger partial charge in [-0.15, -0.1) is 12.3 Å². The lowest BCUT2D eigenvalue weighted by Crippen LogP contribution is -2.47. The number of terminal acetylenes is 1. The smallest absolute Gasteiger partial charge is 0.192 e. The van der Waals surface area contributed by atoms with Crippen molar-refractivity contribution in [2.75, 3.05) is 7.11 Å². The van der Waals surface area contributed by atoms with E-state index in [1.165, 1.54) is 16.7 Å². The van der Waals surface area contributed by atoms with Crippen LogP contribution in [0.5, 0.6) is 5.75 Å². The molecule has 0 unspecified atom stereocenters. The highest BCUT2D eigenvalue weighted by atomic mass is 28.4. The predicted octanol–water partition coefficient (Wildman–Crippen LogP) is 6.85. The lowest BCUT2D eigenvalue weighted by Gasteiger charge is -2.44. The quantitative estimate of drug-likeness (QED) is 0.377. The van der Waals surface area contributed by atoms with Crippen molar-refractivity contribution in [1.82, 2.24) is 0 Å². The number of hydrogen-bond donors (Lipinski definition) is 0. The summed E-state index contributed by atoms with van der Waals surface area (Å²) in [5.74, 6) is 4.36. The maximum atomic E-state index is 6.93. The fourth-order valence-corrected chi connectivity index (χ4v) is 6.10. The zero-order valence-electron chi connectivity index (χ0n) is 19.4. The average molecular weight is 411 g/mol. The van der Waals surface area contributed by atoms with Crippen LogP contribution in [-0.4, -0.2) is 21.5 Å². The Morgan fingerprint density at radius 3 is 2.59 bits per heavy atom. The molecule has 1 saturated carbocycles. The SMILES string of the molecule is C#C[C@@H]1CC[C@H](O[Si](C)(C)C(C)(C)C)[C@@]1(C)CCC1=Cc2ccc(OC)cc2C1. The topological polar surface area (TPSA) is 18.5 Å². The third kappa shape index (κ3) is 4.34. The molecule has 0 radical (unpaired) electrons. The minimum Gasteiger partial charge on any atom is -0.497 e. The molecule has 2 aliphatic rings. The van der Waals surface area contributed by atoms with Crippen molar-refractivity contribution in [2.45, 2.75) is 84.0 Å². The number of benzene rings is 1. The van der Waals surface area contributed by atoms with Gasteiger partial charge < -0.3 is 9.16 Å². The molecule has 0 saturated heterocycles. The van der Waals surface area contributed by atoms with Gasteiger partial charge in [0.25, 0.3) is 0 Å². The van der Waals surface area contributed by atoms with E-state index in [1.807, 2.05) is 6.07 Å². The van der Waals surface area contributed by atoms with Crippen molar-refractivity contribution in [3.8, 4) is 18.1 Å². The molecule has 29 heavy (non-hydrogen) atoms. The Kier molecular flexibility index (Phi) is 6.10. The van der Waals surface area contributed by atoms with Crippen LogP contribution >= 0.6 is 0 Å². The molecule has 0 bridgehead atoms. The second-order valence-corrected chi connectivity index (χ2v) is 15.5. The summed E-state index contributed by atoms with van der Waals surface area (Å²) in [5, 5.41) is 0.219. The number of allylic oxidation sites excluding steroid dienone is 1. The van der Waals surface area contributed by atoms with Crippen molar-refractivity contribution >= 4 is 14.4 Å². The molecule has 158 valence electrons. The molecule has 0 N–H and O–H groups in total. The van der Waals surface area contributed by atoms with Gasteiger partial charge in [0.2, 0.25) is 0 Å². The molecule has 1 aromatic carbocycles. The summed E-state index contributed by atoms with van der Waals surface area (Å²) in [6.07, 6.45) is 14.0. The van der Waals surface area contributed by atoms with Crippen LogP contribution in [0.3, 0.4) is 0 Å². The fourth-order valence-electron chi connectivity index (χ4n) is 4.65. The highest BCUT2D eigenvalue weighted by Gasteiger charge is 2.50. The Morgan fingerprint density at radius 1 is 1.24 bits per heavy atom. The van der Waals surface area contributed by atoms with Crippen LogP contribution < -0.4 is 4.74 Å². The van der Waals surface area contributed by atoms with E-state index in [0.29, 0.717) is 5.92 Å². The number of hydrogen-bond acceptors (Lipinski definition) is 2. The zero-order valence-corrected chi connectivity index (χ0v) is 20.4. The number of ether oxygens (including phenoxy) is 1. The third-order valence-corrected chi connectivity index (χ3v) is 12.3. The molecule has 1 aromatic rings. The van der Waals surface area contributed by atoms with Crippen molar-refractivity contribution in [3.63, 3.8) is 0 Å². The van der Waals surface area contributed by atoms with Gasteiger partial charge in [-0.1, -0.05) is 45.4 Å². The van der Waals surface area contributed by atoms with E-state index in [9.17, 15) is 0 Å². The van der Waals surface area contributed by atoms with Crippen LogP contribution in [0.4, 0.5) is 0 Å². The lowest BCUT2D eigenvalue weighted by atomic mass is 9.74. The molecule has 3 heteroatoms. The van der Waals surface area contributed by atoms with Crippen LogP contribution in [0.15, 0.2) is 23.8 Å². The fraction of sp³-hybridized carbons (Fsp3) is 0.615. The van der Waals surface area contributed by atoms with Crippen molar-refractivity contribution < 1.29 is 9.16 Å². The molecule has 3 atom stereocenters. The summed E-state index contributed by atoms with van der Waals surface area (Å²) in [4.78, 5) is 0. The van der Waals surface area contributed by atoms with Gasteiger partial charge in [-0.05, 0) is 73.5 Å². The van der Waals surface area contributed by atoms with E-state index in [1.54, 1.807) is 7.11 Å². The van der Waals surface area contributed by atoms with Gasteiger partial charge in [-0.3, -0.25) is 0 Å². The van der Waals surface area contributed by atoms with Crippen LogP contribution in [0.2, 0.25) is 18.1 Å². The van der Waals surface area contributed by atoms with Gasteiger partial charge in [0, 0.05) is 11.3 Å². The third-order valence-electron chi connectivity index (χ3n) is 7.81. The molecule has 0 amide bonds. The van der Waals surface area contributed by atoms with E-state index >= 15 is 0 Å². The summed E-state index contributed by atoms with van der Waals surface area (Å²) >= 11 is 0. The Labute approximate surface area is 179 Å². The van der Waals surface area contributed by atoms with Crippen LogP contribution in [0.1, 0.15) is 64.5 Å². The summed E-state index contributed by atoms with van der Waals surface area (Å²) in [6.45, 7) is 14.1. The second kappa shape index (κ2) is 7.97. The van der Waals surface area contributed by atoms with E-state index in [0.717, 1.165) is 37.9 Å². The van der Waals surface area contributed by atoms with Gasteiger partial charge in [0.1, 0.15) is 5.75 Å². The van der Waals surface area contributed by atoms with E-state index in [2.05, 4.69) is 64.9 Å². The molecule has 0 aromatic heterocycles. The van der Waals surface area contributed by atoms with Crippen LogP contribution in [-0.2, 0) is 10.8 Å². The van der Waals surface area contributed by atoms with Crippen LogP contribution in [0, 0.1) is 23.7 Å². The summed E-state index contributed by atoms with van der Waals surface area (Å²) in [5.41, 5.74) is 4.26. The maximum Gasteiger partial charge on any atom is 0.192 e. The molecule has 3 rings (SSSR count). The molecule has 2 aliphatic carbocycles. The van der Waals surface area contributed by atoms with Gasteiger partial charge in [-0.25, -0.2) is 0 Å². The first-order chi connectivity index (χ1) is 13.5. The molecule has 0 aliphatic heterocycles. The Hall–Kier alpha value is -1.50. The van der Waals surface area contributed by atoms with Gasteiger partial charge >= 0.3 is 0 Å². The monoisotopic (exact) mass is 410 g/mol. The van der Waals surface area contributed by atoms with Gasteiger partial charge in [-0.2, -0.15) is 0 Å². The summed E-state index contributed by atoms with van der Waals surface area (Å²) < 4.78 is 12.3. The van der Waals surface area contributed by atoms with Crippen molar-refractivity contribution in [1.29, 1.82) is 0 Å². The van der Waals surface area contributed by atoms with Crippen molar-refractivity contribution in [3.05, 3.63) is 34.9 Å². The highest BCUT2D eigenvalue weighted by Crippen LogP contribution is 2.51. The first-order valence-corrected chi connectivity index (χ1v) is 13.9. The minimum absolute atomic E-state index is 0.0531. The zero-order chi connectivity index (χ0) is 21.4. The molecular formula is C26H38O2Si. The molecule has 1 fully saturated rings. The number of fused-ring (bicyclic) bond motifs is 1. The van der Waals surface area contributed by atoms with Gasteiger partial charge in [0.05, 0.1) is 13.2 Å². The minimum atomic E-state index is -1.82. The first kappa shape index (κ1) is 22.2. The predicted molar refractivity (Wildman–Crippen MR) is 126 cm³/mol. The lowest BCUT2D eigenvalue weighted by molar-refractivity contribution is 0.0545. The van der Waals surface area contributed by atoms with Gasteiger partial charge in [0.15, 0.2) is 8.32 Å². The number of rotatable bonds is 6. The Balaban J connectivity index is 1.72. The average Bonchev–Trinajstić information content (AvgIpc) is 3.19. The maximum absolute atomic E-state index is 6.93.